The van der Waals surface area contributed by atoms with E-state index in [1.54, 1.807) is 0 Å². The van der Waals surface area contributed by atoms with Crippen LogP contribution >= 0.6 is 0 Å². The number of unbranched alkanes of at least 4 members (excludes halogenated alkanes) is 1. The van der Waals surface area contributed by atoms with E-state index >= 15 is 0 Å². The van der Waals surface area contributed by atoms with E-state index < -0.39 is 0 Å². The molecule has 0 aromatic heterocycles. The van der Waals surface area contributed by atoms with Gasteiger partial charge in [-0.25, -0.2) is 0 Å². The number of piperidine rings is 1. The second-order valence-electron chi connectivity index (χ2n) is 5.02. The van der Waals surface area contributed by atoms with Crippen LogP contribution in [0.3, 0.4) is 0 Å². The number of rotatable bonds is 7. The largest absolute Gasteiger partial charge is 0.370 e. The summed E-state index contributed by atoms with van der Waals surface area (Å²) < 4.78 is 0. The molecule has 1 saturated heterocycles. The van der Waals surface area contributed by atoms with E-state index in [1.165, 1.54) is 32.2 Å². The SMILES string of the molecule is CCN(CC)CCCCN=C(N)N1CCCCC1. The summed E-state index contributed by atoms with van der Waals surface area (Å²) in [5.41, 5.74) is 6.01. The van der Waals surface area contributed by atoms with Gasteiger partial charge in [-0.05, 0) is 51.7 Å². The van der Waals surface area contributed by atoms with E-state index in [0.717, 1.165) is 45.1 Å². The first kappa shape index (κ1) is 15.3. The van der Waals surface area contributed by atoms with Gasteiger partial charge in [0.25, 0.3) is 0 Å². The Morgan fingerprint density at radius 1 is 1.11 bits per heavy atom. The number of likely N-dealkylation sites (tertiary alicyclic amines) is 1. The Bertz CT molecular complexity index is 230. The van der Waals surface area contributed by atoms with Crippen LogP contribution in [-0.2, 0) is 0 Å². The monoisotopic (exact) mass is 254 g/mol. The standard InChI is InChI=1S/C14H30N4/c1-3-17(4-2)11-9-6-10-16-14(15)18-12-7-5-8-13-18/h3-13H2,1-2H3,(H2,15,16). The van der Waals surface area contributed by atoms with Crippen molar-refractivity contribution in [3.8, 4) is 0 Å². The van der Waals surface area contributed by atoms with Gasteiger partial charge in [0.1, 0.15) is 0 Å². The van der Waals surface area contributed by atoms with Crippen molar-refractivity contribution in [1.29, 1.82) is 0 Å². The van der Waals surface area contributed by atoms with Crippen molar-refractivity contribution in [1.82, 2.24) is 9.80 Å². The lowest BCUT2D eigenvalue weighted by Crippen LogP contribution is -2.40. The van der Waals surface area contributed by atoms with Crippen molar-refractivity contribution in [3.63, 3.8) is 0 Å². The summed E-state index contributed by atoms with van der Waals surface area (Å²) in [5.74, 6) is 0.762. The third kappa shape index (κ3) is 5.71. The predicted octanol–water partition coefficient (Wildman–Crippen LogP) is 1.91. The average Bonchev–Trinajstić information content (AvgIpc) is 2.43. The van der Waals surface area contributed by atoms with Gasteiger partial charge in [-0.15, -0.1) is 0 Å². The Kier molecular flexibility index (Phi) is 7.81. The highest BCUT2D eigenvalue weighted by Gasteiger charge is 2.11. The molecule has 0 amide bonds. The quantitative estimate of drug-likeness (QED) is 0.429. The van der Waals surface area contributed by atoms with Gasteiger partial charge >= 0.3 is 0 Å². The molecule has 0 aromatic rings. The number of nitrogens with two attached hydrogens (primary N) is 1. The highest BCUT2D eigenvalue weighted by Crippen LogP contribution is 2.07. The van der Waals surface area contributed by atoms with Crippen LogP contribution in [0.25, 0.3) is 0 Å². The Morgan fingerprint density at radius 3 is 2.39 bits per heavy atom. The lowest BCUT2D eigenvalue weighted by Gasteiger charge is -2.27. The van der Waals surface area contributed by atoms with Gasteiger partial charge in [-0.3, -0.25) is 4.99 Å². The van der Waals surface area contributed by atoms with Crippen molar-refractivity contribution in [2.75, 3.05) is 39.3 Å². The fourth-order valence-electron chi connectivity index (χ4n) is 2.40. The van der Waals surface area contributed by atoms with Crippen LogP contribution in [0.2, 0.25) is 0 Å². The van der Waals surface area contributed by atoms with Crippen molar-refractivity contribution in [3.05, 3.63) is 0 Å². The fraction of sp³-hybridized carbons (Fsp3) is 0.929. The lowest BCUT2D eigenvalue weighted by molar-refractivity contribution is 0.297. The molecule has 0 atom stereocenters. The Balaban J connectivity index is 2.11. The Morgan fingerprint density at radius 2 is 1.78 bits per heavy atom. The van der Waals surface area contributed by atoms with Crippen molar-refractivity contribution in [2.24, 2.45) is 10.7 Å². The second-order valence-corrected chi connectivity index (χ2v) is 5.02. The molecular formula is C14H30N4. The van der Waals surface area contributed by atoms with Crippen LogP contribution in [-0.4, -0.2) is 55.0 Å². The summed E-state index contributed by atoms with van der Waals surface area (Å²) in [7, 11) is 0. The maximum Gasteiger partial charge on any atom is 0.191 e. The summed E-state index contributed by atoms with van der Waals surface area (Å²) in [6.45, 7) is 11.0. The smallest absolute Gasteiger partial charge is 0.191 e. The molecule has 4 heteroatoms. The molecule has 0 unspecified atom stereocenters. The molecule has 0 radical (unpaired) electrons. The maximum atomic E-state index is 6.01. The number of aliphatic imine (C=N–C) groups is 1. The van der Waals surface area contributed by atoms with E-state index in [9.17, 15) is 0 Å². The minimum atomic E-state index is 0.762. The number of hydrogen-bond acceptors (Lipinski definition) is 2. The minimum absolute atomic E-state index is 0.762. The topological polar surface area (TPSA) is 44.9 Å². The zero-order valence-electron chi connectivity index (χ0n) is 12.2. The van der Waals surface area contributed by atoms with E-state index in [0.29, 0.717) is 0 Å². The van der Waals surface area contributed by atoms with E-state index in [1.807, 2.05) is 0 Å². The van der Waals surface area contributed by atoms with Gasteiger partial charge in [0, 0.05) is 19.6 Å². The molecule has 0 aliphatic carbocycles. The van der Waals surface area contributed by atoms with E-state index in [4.69, 9.17) is 5.73 Å². The molecule has 1 aliphatic rings. The molecule has 0 aromatic carbocycles. The highest BCUT2D eigenvalue weighted by molar-refractivity contribution is 5.78. The zero-order chi connectivity index (χ0) is 13.2. The average molecular weight is 254 g/mol. The van der Waals surface area contributed by atoms with Crippen molar-refractivity contribution >= 4 is 5.96 Å². The molecule has 1 fully saturated rings. The van der Waals surface area contributed by atoms with Crippen molar-refractivity contribution < 1.29 is 0 Å². The first-order valence-electron chi connectivity index (χ1n) is 7.55. The van der Waals surface area contributed by atoms with Gasteiger partial charge in [-0.2, -0.15) is 0 Å². The predicted molar refractivity (Wildman–Crippen MR) is 78.9 cm³/mol. The van der Waals surface area contributed by atoms with Crippen molar-refractivity contribution in [2.45, 2.75) is 46.0 Å². The molecule has 0 saturated carbocycles. The molecule has 18 heavy (non-hydrogen) atoms. The first-order chi connectivity index (χ1) is 8.77. The summed E-state index contributed by atoms with van der Waals surface area (Å²) in [6.07, 6.45) is 6.23. The molecule has 1 aliphatic heterocycles. The molecular weight excluding hydrogens is 224 g/mol. The number of hydrogen-bond donors (Lipinski definition) is 1. The second kappa shape index (κ2) is 9.20. The van der Waals surface area contributed by atoms with Gasteiger partial charge in [-0.1, -0.05) is 13.8 Å². The van der Waals surface area contributed by atoms with E-state index in [2.05, 4.69) is 28.6 Å². The zero-order valence-corrected chi connectivity index (χ0v) is 12.2. The van der Waals surface area contributed by atoms with Crippen LogP contribution in [0, 0.1) is 0 Å². The maximum absolute atomic E-state index is 6.01. The first-order valence-corrected chi connectivity index (χ1v) is 7.55. The summed E-state index contributed by atoms with van der Waals surface area (Å²) in [4.78, 5) is 9.18. The number of guanidine groups is 1. The van der Waals surface area contributed by atoms with Crippen LogP contribution in [0.15, 0.2) is 4.99 Å². The summed E-state index contributed by atoms with van der Waals surface area (Å²) >= 11 is 0. The Hall–Kier alpha value is -0.770. The summed E-state index contributed by atoms with van der Waals surface area (Å²) in [5, 5.41) is 0. The molecule has 4 nitrogen and oxygen atoms in total. The Labute approximate surface area is 112 Å². The molecule has 0 spiro atoms. The van der Waals surface area contributed by atoms with Gasteiger partial charge in [0.05, 0.1) is 0 Å². The van der Waals surface area contributed by atoms with E-state index in [-0.39, 0.29) is 0 Å². The third-order valence-corrected chi connectivity index (χ3v) is 3.73. The summed E-state index contributed by atoms with van der Waals surface area (Å²) in [6, 6.07) is 0. The van der Waals surface area contributed by atoms with Crippen LogP contribution < -0.4 is 5.73 Å². The van der Waals surface area contributed by atoms with Crippen LogP contribution in [0.4, 0.5) is 0 Å². The minimum Gasteiger partial charge on any atom is -0.370 e. The molecule has 1 heterocycles. The molecule has 106 valence electrons. The highest BCUT2D eigenvalue weighted by atomic mass is 15.2. The lowest BCUT2D eigenvalue weighted by atomic mass is 10.1. The van der Waals surface area contributed by atoms with Gasteiger partial charge in [0.2, 0.25) is 0 Å². The molecule has 2 N–H and O–H groups in total. The third-order valence-electron chi connectivity index (χ3n) is 3.73. The van der Waals surface area contributed by atoms with Crippen LogP contribution in [0.5, 0.6) is 0 Å². The number of nitrogens with zero attached hydrogens (tertiary/aromatic N) is 3. The fourth-order valence-corrected chi connectivity index (χ4v) is 2.40. The van der Waals surface area contributed by atoms with Crippen LogP contribution in [0.1, 0.15) is 46.0 Å². The van der Waals surface area contributed by atoms with Gasteiger partial charge < -0.3 is 15.5 Å². The molecule has 1 rings (SSSR count). The molecule has 0 bridgehead atoms. The normalized spacial score (nSPS) is 17.5. The van der Waals surface area contributed by atoms with Gasteiger partial charge in [0.15, 0.2) is 5.96 Å².